The van der Waals surface area contributed by atoms with Gasteiger partial charge in [0.2, 0.25) is 11.8 Å². The number of carbonyl (C=O) groups is 2. The number of amides is 2. The maximum Gasteiger partial charge on any atom is 0.242 e. The predicted octanol–water partition coefficient (Wildman–Crippen LogP) is -1.07. The van der Waals surface area contributed by atoms with Gasteiger partial charge in [-0.1, -0.05) is 5.92 Å². The van der Waals surface area contributed by atoms with Crippen molar-refractivity contribution in [3.05, 3.63) is 0 Å². The molecule has 0 aliphatic heterocycles. The monoisotopic (exact) mass is 223 g/mol. The Labute approximate surface area is 95.4 Å². The van der Waals surface area contributed by atoms with Gasteiger partial charge in [0, 0.05) is 6.54 Å². The summed E-state index contributed by atoms with van der Waals surface area (Å²) in [6.45, 7) is 0.866. The van der Waals surface area contributed by atoms with Crippen molar-refractivity contribution in [2.75, 3.05) is 26.2 Å². The van der Waals surface area contributed by atoms with Crippen LogP contribution in [0.2, 0.25) is 0 Å². The number of carbonyl (C=O) groups excluding carboxylic acids is 2. The molecule has 0 radical (unpaired) electrons. The van der Waals surface area contributed by atoms with Crippen molar-refractivity contribution < 1.29 is 9.59 Å². The summed E-state index contributed by atoms with van der Waals surface area (Å²) in [5.41, 5.74) is 5.11. The van der Waals surface area contributed by atoms with Gasteiger partial charge < -0.3 is 16.0 Å². The molecule has 0 aromatic rings. The van der Waals surface area contributed by atoms with Crippen molar-refractivity contribution in [2.24, 2.45) is 11.7 Å². The van der Waals surface area contributed by atoms with Crippen LogP contribution in [-0.4, -0.2) is 42.9 Å². The number of hydrogen-bond donors (Lipinski definition) is 2. The first kappa shape index (κ1) is 12.5. The highest BCUT2D eigenvalue weighted by atomic mass is 16.2. The highest BCUT2D eigenvalue weighted by Gasteiger charge is 2.26. The first-order valence-corrected chi connectivity index (χ1v) is 5.35. The van der Waals surface area contributed by atoms with Crippen molar-refractivity contribution in [1.82, 2.24) is 10.2 Å². The van der Waals surface area contributed by atoms with E-state index in [1.54, 1.807) is 4.90 Å². The maximum atomic E-state index is 11.7. The van der Waals surface area contributed by atoms with Gasteiger partial charge in [-0.05, 0) is 18.8 Å². The Morgan fingerprint density at radius 3 is 2.69 bits per heavy atom. The fourth-order valence-corrected chi connectivity index (χ4v) is 1.34. The zero-order valence-electron chi connectivity index (χ0n) is 9.24. The summed E-state index contributed by atoms with van der Waals surface area (Å²) in [6, 6.07) is 0. The van der Waals surface area contributed by atoms with E-state index in [1.807, 2.05) is 0 Å². The van der Waals surface area contributed by atoms with Gasteiger partial charge in [0.25, 0.3) is 0 Å². The smallest absolute Gasteiger partial charge is 0.242 e. The van der Waals surface area contributed by atoms with Crippen LogP contribution in [0.25, 0.3) is 0 Å². The fourth-order valence-electron chi connectivity index (χ4n) is 1.34. The standard InChI is InChI=1S/C11H17N3O2/c1-2-5-14(8-9-3-4-9)11(16)7-13-10(15)6-12/h1,9H,3-8,12H2,(H,13,15). The van der Waals surface area contributed by atoms with Gasteiger partial charge in [-0.25, -0.2) is 0 Å². The van der Waals surface area contributed by atoms with Crippen molar-refractivity contribution >= 4 is 11.8 Å². The van der Waals surface area contributed by atoms with E-state index in [0.717, 1.165) is 12.8 Å². The van der Waals surface area contributed by atoms with E-state index in [4.69, 9.17) is 12.2 Å². The number of hydrogen-bond acceptors (Lipinski definition) is 3. The topological polar surface area (TPSA) is 75.4 Å². The molecule has 1 saturated carbocycles. The van der Waals surface area contributed by atoms with Crippen molar-refractivity contribution in [1.29, 1.82) is 0 Å². The Bertz CT molecular complexity index is 305. The maximum absolute atomic E-state index is 11.7. The molecule has 5 heteroatoms. The average molecular weight is 223 g/mol. The van der Waals surface area contributed by atoms with E-state index in [0.29, 0.717) is 19.0 Å². The van der Waals surface area contributed by atoms with Gasteiger partial charge in [-0.15, -0.1) is 6.42 Å². The second-order valence-electron chi connectivity index (χ2n) is 3.90. The Morgan fingerprint density at radius 1 is 1.50 bits per heavy atom. The molecule has 0 aromatic carbocycles. The summed E-state index contributed by atoms with van der Waals surface area (Å²) < 4.78 is 0. The van der Waals surface area contributed by atoms with E-state index < -0.39 is 0 Å². The average Bonchev–Trinajstić information content (AvgIpc) is 3.08. The third kappa shape index (κ3) is 4.32. The predicted molar refractivity (Wildman–Crippen MR) is 60.2 cm³/mol. The van der Waals surface area contributed by atoms with E-state index >= 15 is 0 Å². The van der Waals surface area contributed by atoms with Crippen LogP contribution in [0.15, 0.2) is 0 Å². The summed E-state index contributed by atoms with van der Waals surface area (Å²) in [5, 5.41) is 2.44. The third-order valence-electron chi connectivity index (χ3n) is 2.43. The fraction of sp³-hybridized carbons (Fsp3) is 0.636. The lowest BCUT2D eigenvalue weighted by atomic mass is 10.3. The molecule has 1 fully saturated rings. The van der Waals surface area contributed by atoms with Crippen LogP contribution in [0.3, 0.4) is 0 Å². The van der Waals surface area contributed by atoms with Gasteiger partial charge in [0.1, 0.15) is 0 Å². The van der Waals surface area contributed by atoms with Crippen molar-refractivity contribution in [3.63, 3.8) is 0 Å². The van der Waals surface area contributed by atoms with Crippen LogP contribution in [0.4, 0.5) is 0 Å². The molecule has 16 heavy (non-hydrogen) atoms. The van der Waals surface area contributed by atoms with Crippen LogP contribution < -0.4 is 11.1 Å². The lowest BCUT2D eigenvalue weighted by Gasteiger charge is -2.20. The molecule has 0 bridgehead atoms. The number of nitrogens with two attached hydrogens (primary N) is 1. The summed E-state index contributed by atoms with van der Waals surface area (Å²) in [7, 11) is 0. The lowest BCUT2D eigenvalue weighted by Crippen LogP contribution is -2.42. The van der Waals surface area contributed by atoms with Gasteiger partial charge in [-0.3, -0.25) is 9.59 Å². The van der Waals surface area contributed by atoms with Crippen LogP contribution >= 0.6 is 0 Å². The summed E-state index contributed by atoms with van der Waals surface area (Å²) in [4.78, 5) is 24.2. The SMILES string of the molecule is C#CCN(CC1CC1)C(=O)CNC(=O)CN. The number of nitrogens with zero attached hydrogens (tertiary/aromatic N) is 1. The Balaban J connectivity index is 2.34. The first-order chi connectivity index (χ1) is 7.67. The number of rotatable bonds is 6. The molecule has 0 saturated heterocycles. The number of terminal acetylenes is 1. The third-order valence-corrected chi connectivity index (χ3v) is 2.43. The largest absolute Gasteiger partial charge is 0.346 e. The molecule has 0 heterocycles. The molecule has 3 N–H and O–H groups in total. The van der Waals surface area contributed by atoms with E-state index in [1.165, 1.54) is 0 Å². The zero-order chi connectivity index (χ0) is 12.0. The second-order valence-corrected chi connectivity index (χ2v) is 3.90. The molecule has 1 aliphatic rings. The van der Waals surface area contributed by atoms with Crippen LogP contribution in [0.1, 0.15) is 12.8 Å². The minimum absolute atomic E-state index is 0.0234. The molecule has 88 valence electrons. The first-order valence-electron chi connectivity index (χ1n) is 5.35. The van der Waals surface area contributed by atoms with E-state index in [-0.39, 0.29) is 24.9 Å². The van der Waals surface area contributed by atoms with Gasteiger partial charge in [0.05, 0.1) is 19.6 Å². The Kier molecular flexibility index (Phi) is 4.80. The number of nitrogens with one attached hydrogen (secondary N) is 1. The highest BCUT2D eigenvalue weighted by molar-refractivity contribution is 5.85. The van der Waals surface area contributed by atoms with Crippen molar-refractivity contribution in [2.45, 2.75) is 12.8 Å². The molecule has 0 spiro atoms. The summed E-state index contributed by atoms with van der Waals surface area (Å²) >= 11 is 0. The zero-order valence-corrected chi connectivity index (χ0v) is 9.24. The normalized spacial score (nSPS) is 14.0. The summed E-state index contributed by atoms with van der Waals surface area (Å²) in [5.74, 6) is 2.56. The van der Waals surface area contributed by atoms with Gasteiger partial charge in [-0.2, -0.15) is 0 Å². The van der Waals surface area contributed by atoms with Crippen LogP contribution in [0, 0.1) is 18.3 Å². The summed E-state index contributed by atoms with van der Waals surface area (Å²) in [6.07, 6.45) is 7.51. The molecule has 2 amide bonds. The quantitative estimate of drug-likeness (QED) is 0.563. The molecule has 5 nitrogen and oxygen atoms in total. The molecule has 0 aromatic heterocycles. The van der Waals surface area contributed by atoms with Crippen molar-refractivity contribution in [3.8, 4) is 12.3 Å². The molecule has 1 rings (SSSR count). The Hall–Kier alpha value is -1.54. The second kappa shape index (κ2) is 6.13. The molecule has 0 unspecified atom stereocenters. The molecule has 0 atom stereocenters. The molecular weight excluding hydrogens is 206 g/mol. The Morgan fingerprint density at radius 2 is 2.19 bits per heavy atom. The highest BCUT2D eigenvalue weighted by Crippen LogP contribution is 2.29. The van der Waals surface area contributed by atoms with E-state index in [2.05, 4.69) is 11.2 Å². The van der Waals surface area contributed by atoms with E-state index in [9.17, 15) is 9.59 Å². The minimum atomic E-state index is -0.333. The van der Waals surface area contributed by atoms with Gasteiger partial charge >= 0.3 is 0 Å². The minimum Gasteiger partial charge on any atom is -0.346 e. The molecular formula is C11H17N3O2. The lowest BCUT2D eigenvalue weighted by molar-refractivity contribution is -0.132. The van der Waals surface area contributed by atoms with Gasteiger partial charge in [0.15, 0.2) is 0 Å². The molecule has 1 aliphatic carbocycles. The van der Waals surface area contributed by atoms with Crippen LogP contribution in [0.5, 0.6) is 0 Å². The van der Waals surface area contributed by atoms with Crippen LogP contribution in [-0.2, 0) is 9.59 Å².